The monoisotopic (exact) mass is 461 g/mol. The highest BCUT2D eigenvalue weighted by atomic mass is 16.5. The summed E-state index contributed by atoms with van der Waals surface area (Å²) >= 11 is 0. The SMILES string of the molecule is CC(=O)N[C@H]1[C@H]([C@H](O)[C@H](O)CO)OC(C(=O)N[C@@H](CCC(=O)O)C(=O)O)=C[C@@H]1N=C(N)N. The normalized spacial score (nSPS) is 22.9. The first kappa shape index (κ1) is 26.6. The maximum atomic E-state index is 12.6. The molecule has 2 amide bonds. The van der Waals surface area contributed by atoms with E-state index in [0.29, 0.717) is 0 Å². The van der Waals surface area contributed by atoms with Gasteiger partial charge in [-0.15, -0.1) is 0 Å². The number of carbonyl (C=O) groups is 4. The topological polar surface area (TPSA) is 267 Å². The first-order valence-corrected chi connectivity index (χ1v) is 9.34. The molecule has 0 aromatic heterocycles. The van der Waals surface area contributed by atoms with Crippen LogP contribution in [0.15, 0.2) is 16.8 Å². The second-order valence-electron chi connectivity index (χ2n) is 6.92. The van der Waals surface area contributed by atoms with Gasteiger partial charge in [0.1, 0.15) is 24.4 Å². The molecule has 0 bridgehead atoms. The van der Waals surface area contributed by atoms with Crippen molar-refractivity contribution < 1.29 is 49.4 Å². The van der Waals surface area contributed by atoms with Crippen LogP contribution in [0.4, 0.5) is 0 Å². The molecule has 0 aliphatic carbocycles. The number of carboxylic acid groups (broad SMARTS) is 2. The molecule has 1 heterocycles. The summed E-state index contributed by atoms with van der Waals surface area (Å²) in [5, 5.41) is 51.8. The Kier molecular flexibility index (Phi) is 9.83. The molecule has 1 aliphatic rings. The lowest BCUT2D eigenvalue weighted by Gasteiger charge is -2.39. The minimum absolute atomic E-state index is 0.426. The van der Waals surface area contributed by atoms with Gasteiger partial charge in [0, 0.05) is 13.3 Å². The summed E-state index contributed by atoms with van der Waals surface area (Å²) in [4.78, 5) is 50.2. The fourth-order valence-corrected chi connectivity index (χ4v) is 2.90. The fraction of sp³-hybridized carbons (Fsp3) is 0.588. The summed E-state index contributed by atoms with van der Waals surface area (Å²) in [5.74, 6) is -5.48. The molecule has 180 valence electrons. The molecule has 0 saturated heterocycles. The average Bonchev–Trinajstić information content (AvgIpc) is 2.69. The lowest BCUT2D eigenvalue weighted by atomic mass is 9.92. The van der Waals surface area contributed by atoms with Crippen molar-refractivity contribution >= 4 is 29.7 Å². The Morgan fingerprint density at radius 1 is 1.22 bits per heavy atom. The first-order chi connectivity index (χ1) is 14.9. The van der Waals surface area contributed by atoms with E-state index in [0.717, 1.165) is 13.0 Å². The van der Waals surface area contributed by atoms with E-state index in [1.54, 1.807) is 0 Å². The molecule has 0 saturated carbocycles. The molecule has 15 heteroatoms. The molecule has 0 aromatic carbocycles. The molecule has 6 atom stereocenters. The first-order valence-electron chi connectivity index (χ1n) is 9.34. The van der Waals surface area contributed by atoms with Crippen LogP contribution < -0.4 is 22.1 Å². The van der Waals surface area contributed by atoms with Gasteiger partial charge in [-0.05, 0) is 12.5 Å². The highest BCUT2D eigenvalue weighted by molar-refractivity contribution is 5.94. The van der Waals surface area contributed by atoms with E-state index in [2.05, 4.69) is 15.6 Å². The number of guanidine groups is 1. The van der Waals surface area contributed by atoms with Gasteiger partial charge in [-0.2, -0.15) is 0 Å². The van der Waals surface area contributed by atoms with Gasteiger partial charge in [-0.3, -0.25) is 14.4 Å². The van der Waals surface area contributed by atoms with Crippen molar-refractivity contribution in [1.82, 2.24) is 10.6 Å². The summed E-state index contributed by atoms with van der Waals surface area (Å²) in [7, 11) is 0. The summed E-state index contributed by atoms with van der Waals surface area (Å²) < 4.78 is 5.42. The Bertz CT molecular complexity index is 782. The van der Waals surface area contributed by atoms with Gasteiger partial charge in [0.2, 0.25) is 5.91 Å². The van der Waals surface area contributed by atoms with Crippen molar-refractivity contribution in [3.05, 3.63) is 11.8 Å². The van der Waals surface area contributed by atoms with Gasteiger partial charge in [0.25, 0.3) is 5.91 Å². The van der Waals surface area contributed by atoms with E-state index in [-0.39, 0.29) is 0 Å². The fourth-order valence-electron chi connectivity index (χ4n) is 2.90. The van der Waals surface area contributed by atoms with Crippen molar-refractivity contribution in [2.75, 3.05) is 6.61 Å². The van der Waals surface area contributed by atoms with E-state index in [9.17, 15) is 34.5 Å². The molecule has 15 nitrogen and oxygen atoms in total. The van der Waals surface area contributed by atoms with Crippen LogP contribution in [0.2, 0.25) is 0 Å². The molecule has 0 spiro atoms. The van der Waals surface area contributed by atoms with E-state index < -0.39 is 91.4 Å². The van der Waals surface area contributed by atoms with Crippen LogP contribution in [-0.4, -0.2) is 98.3 Å². The molecule has 0 unspecified atom stereocenters. The molecule has 32 heavy (non-hydrogen) atoms. The van der Waals surface area contributed by atoms with Crippen LogP contribution in [0, 0.1) is 0 Å². The summed E-state index contributed by atoms with van der Waals surface area (Å²) in [5.41, 5.74) is 10.8. The van der Waals surface area contributed by atoms with Crippen LogP contribution in [0.25, 0.3) is 0 Å². The van der Waals surface area contributed by atoms with Crippen LogP contribution in [0.1, 0.15) is 19.8 Å². The number of amides is 2. The van der Waals surface area contributed by atoms with Crippen molar-refractivity contribution in [1.29, 1.82) is 0 Å². The molecular weight excluding hydrogens is 434 g/mol. The molecule has 1 aliphatic heterocycles. The number of nitrogens with one attached hydrogen (secondary N) is 2. The third kappa shape index (κ3) is 7.68. The van der Waals surface area contributed by atoms with Crippen LogP contribution >= 0.6 is 0 Å². The summed E-state index contributed by atoms with van der Waals surface area (Å²) in [6.45, 7) is 0.257. The molecule has 0 radical (unpaired) electrons. The third-order valence-electron chi connectivity index (χ3n) is 4.37. The quantitative estimate of drug-likeness (QED) is 0.104. The van der Waals surface area contributed by atoms with Gasteiger partial charge in [-0.25, -0.2) is 9.79 Å². The van der Waals surface area contributed by atoms with Gasteiger partial charge in [0.05, 0.1) is 18.7 Å². The van der Waals surface area contributed by atoms with E-state index in [1.165, 1.54) is 0 Å². The lowest BCUT2D eigenvalue weighted by Crippen LogP contribution is -2.60. The number of aliphatic hydroxyl groups is 3. The molecular formula is C17H27N5O10. The highest BCUT2D eigenvalue weighted by Gasteiger charge is 2.44. The average molecular weight is 461 g/mol. The number of hydrogen-bond acceptors (Lipinski definition) is 9. The molecule has 11 N–H and O–H groups in total. The number of ether oxygens (including phenoxy) is 1. The summed E-state index contributed by atoms with van der Waals surface area (Å²) in [6.07, 6.45) is -5.01. The minimum Gasteiger partial charge on any atom is -0.481 e. The standard InChI is InChI=1S/C17H27N5O10/c1-6(24)20-12-8(22-17(18)19)4-10(32-14(12)13(28)9(25)5-23)15(29)21-7(16(30)31)2-3-11(26)27/h4,7-9,12-14,23,25,28H,2-3,5H2,1H3,(H,20,24)(H,21,29)(H,26,27)(H,30,31)(H4,18,19,22)/t7-,8-,9+,12+,13+,14+/m0/s1. The Hall–Kier alpha value is -3.43. The van der Waals surface area contributed by atoms with E-state index in [4.69, 9.17) is 26.4 Å². The van der Waals surface area contributed by atoms with Gasteiger partial charge >= 0.3 is 11.9 Å². The van der Waals surface area contributed by atoms with Crippen molar-refractivity contribution in [2.45, 2.75) is 56.2 Å². The Balaban J connectivity index is 3.30. The number of hydrogen-bond donors (Lipinski definition) is 9. The van der Waals surface area contributed by atoms with Gasteiger partial charge < -0.3 is 52.4 Å². The number of carbonyl (C=O) groups excluding carboxylic acids is 2. The van der Waals surface area contributed by atoms with Gasteiger partial charge in [0.15, 0.2) is 11.7 Å². The second-order valence-corrected chi connectivity index (χ2v) is 6.92. The zero-order valence-electron chi connectivity index (χ0n) is 17.0. The smallest absolute Gasteiger partial charge is 0.326 e. The molecule has 0 fully saturated rings. The predicted molar refractivity (Wildman–Crippen MR) is 106 cm³/mol. The Morgan fingerprint density at radius 2 is 1.84 bits per heavy atom. The number of carboxylic acids is 2. The molecule has 1 rings (SSSR count). The van der Waals surface area contributed by atoms with Crippen LogP contribution in [-0.2, 0) is 23.9 Å². The summed E-state index contributed by atoms with van der Waals surface area (Å²) in [6, 6.07) is -3.96. The van der Waals surface area contributed by atoms with E-state index >= 15 is 0 Å². The zero-order valence-corrected chi connectivity index (χ0v) is 17.0. The Morgan fingerprint density at radius 3 is 2.31 bits per heavy atom. The third-order valence-corrected chi connectivity index (χ3v) is 4.37. The highest BCUT2D eigenvalue weighted by Crippen LogP contribution is 2.25. The predicted octanol–water partition coefficient (Wildman–Crippen LogP) is -4.44. The number of nitrogens with zero attached hydrogens (tertiary/aromatic N) is 1. The number of aliphatic carboxylic acids is 2. The van der Waals surface area contributed by atoms with Crippen LogP contribution in [0.3, 0.4) is 0 Å². The van der Waals surface area contributed by atoms with Crippen LogP contribution in [0.5, 0.6) is 0 Å². The second kappa shape index (κ2) is 11.8. The van der Waals surface area contributed by atoms with E-state index in [1.807, 2.05) is 0 Å². The number of rotatable bonds is 11. The maximum absolute atomic E-state index is 12.6. The minimum atomic E-state index is -1.83. The van der Waals surface area contributed by atoms with Crippen molar-refractivity contribution in [3.8, 4) is 0 Å². The molecule has 0 aromatic rings. The maximum Gasteiger partial charge on any atom is 0.326 e. The van der Waals surface area contributed by atoms with Gasteiger partial charge in [-0.1, -0.05) is 0 Å². The van der Waals surface area contributed by atoms with Crippen molar-refractivity contribution in [3.63, 3.8) is 0 Å². The number of aliphatic hydroxyl groups excluding tert-OH is 3. The number of aliphatic imine (C=N–C) groups is 1. The lowest BCUT2D eigenvalue weighted by molar-refractivity contribution is -0.144. The zero-order chi connectivity index (χ0) is 24.6. The number of nitrogens with two attached hydrogens (primary N) is 2. The Labute approximate surface area is 181 Å². The van der Waals surface area contributed by atoms with Crippen molar-refractivity contribution in [2.24, 2.45) is 16.5 Å². The largest absolute Gasteiger partial charge is 0.481 e.